The maximum atomic E-state index is 11.9. The van der Waals surface area contributed by atoms with Crippen LogP contribution in [0, 0.1) is 5.92 Å². The summed E-state index contributed by atoms with van der Waals surface area (Å²) < 4.78 is 0. The van der Waals surface area contributed by atoms with Crippen LogP contribution in [0.4, 0.5) is 0 Å². The van der Waals surface area contributed by atoms with Crippen molar-refractivity contribution in [1.29, 1.82) is 0 Å². The fourth-order valence-corrected chi connectivity index (χ4v) is 3.01. The molecule has 1 amide bonds. The number of hydrogen-bond acceptors (Lipinski definition) is 3. The average molecular weight is 287 g/mol. The number of carbonyl (C=O) groups is 1. The van der Waals surface area contributed by atoms with Crippen molar-refractivity contribution in [1.82, 2.24) is 10.3 Å². The molecule has 1 aromatic rings. The zero-order valence-corrected chi connectivity index (χ0v) is 12.2. The average Bonchev–Trinajstić information content (AvgIpc) is 3.06. The van der Waals surface area contributed by atoms with E-state index in [0.717, 1.165) is 29.5 Å². The molecule has 0 aliphatic heterocycles. The van der Waals surface area contributed by atoms with Gasteiger partial charge in [0.25, 0.3) is 0 Å². The number of nitrogens with zero attached hydrogens (tertiary/aromatic N) is 1. The Morgan fingerprint density at radius 2 is 2.44 bits per heavy atom. The maximum absolute atomic E-state index is 11.9. The summed E-state index contributed by atoms with van der Waals surface area (Å²) in [6, 6.07) is 0.331. The van der Waals surface area contributed by atoms with Crippen LogP contribution in [0.15, 0.2) is 5.38 Å². The molecule has 1 aliphatic rings. The Balaban J connectivity index is 1.79. The van der Waals surface area contributed by atoms with Crippen LogP contribution in [0.25, 0.3) is 0 Å². The summed E-state index contributed by atoms with van der Waals surface area (Å²) in [7, 11) is 0. The zero-order valence-electron chi connectivity index (χ0n) is 10.6. The van der Waals surface area contributed by atoms with Gasteiger partial charge in [0.05, 0.1) is 18.0 Å². The van der Waals surface area contributed by atoms with Gasteiger partial charge in [-0.3, -0.25) is 4.79 Å². The van der Waals surface area contributed by atoms with E-state index in [-0.39, 0.29) is 5.91 Å². The van der Waals surface area contributed by atoms with Crippen molar-refractivity contribution >= 4 is 28.8 Å². The van der Waals surface area contributed by atoms with Gasteiger partial charge in [0, 0.05) is 11.4 Å². The fraction of sp³-hybridized carbons (Fsp3) is 0.692. The SMILES string of the molecule is CCC(CC1CC1)NC(=O)Cc1nc(CCl)cs1. The minimum absolute atomic E-state index is 0.0815. The first-order chi connectivity index (χ1) is 8.71. The minimum Gasteiger partial charge on any atom is -0.353 e. The molecule has 0 radical (unpaired) electrons. The zero-order chi connectivity index (χ0) is 13.0. The van der Waals surface area contributed by atoms with E-state index in [0.29, 0.717) is 18.3 Å². The van der Waals surface area contributed by atoms with Crippen molar-refractivity contribution in [3.63, 3.8) is 0 Å². The molecule has 0 spiro atoms. The lowest BCUT2D eigenvalue weighted by molar-refractivity contribution is -0.121. The van der Waals surface area contributed by atoms with Gasteiger partial charge in [-0.05, 0) is 18.8 Å². The molecule has 0 aromatic carbocycles. The normalized spacial score (nSPS) is 16.6. The minimum atomic E-state index is 0.0815. The quantitative estimate of drug-likeness (QED) is 0.783. The van der Waals surface area contributed by atoms with E-state index in [9.17, 15) is 4.79 Å². The van der Waals surface area contributed by atoms with Crippen molar-refractivity contribution < 1.29 is 4.79 Å². The first-order valence-corrected chi connectivity index (χ1v) is 7.91. The van der Waals surface area contributed by atoms with Crippen LogP contribution in [-0.2, 0) is 17.1 Å². The molecule has 3 nitrogen and oxygen atoms in total. The molecular formula is C13H19ClN2OS. The molecule has 0 saturated heterocycles. The summed E-state index contributed by atoms with van der Waals surface area (Å²) in [5.41, 5.74) is 0.856. The molecule has 100 valence electrons. The van der Waals surface area contributed by atoms with Crippen LogP contribution in [-0.4, -0.2) is 16.9 Å². The van der Waals surface area contributed by atoms with Crippen molar-refractivity contribution in [2.45, 2.75) is 50.9 Å². The lowest BCUT2D eigenvalue weighted by Gasteiger charge is -2.16. The van der Waals surface area contributed by atoms with Crippen molar-refractivity contribution in [3.05, 3.63) is 16.1 Å². The molecule has 1 aliphatic carbocycles. The van der Waals surface area contributed by atoms with E-state index in [4.69, 9.17) is 11.6 Å². The highest BCUT2D eigenvalue weighted by molar-refractivity contribution is 7.09. The summed E-state index contributed by atoms with van der Waals surface area (Å²) in [6.45, 7) is 2.13. The Morgan fingerprint density at radius 1 is 1.67 bits per heavy atom. The van der Waals surface area contributed by atoms with Gasteiger partial charge in [0.15, 0.2) is 0 Å². The van der Waals surface area contributed by atoms with Crippen molar-refractivity contribution in [2.75, 3.05) is 0 Å². The number of alkyl halides is 1. The van der Waals surface area contributed by atoms with Gasteiger partial charge in [0.1, 0.15) is 5.01 Å². The van der Waals surface area contributed by atoms with Crippen molar-refractivity contribution in [3.8, 4) is 0 Å². The van der Waals surface area contributed by atoms with Crippen molar-refractivity contribution in [2.24, 2.45) is 5.92 Å². The second-order valence-corrected chi connectivity index (χ2v) is 6.10. The van der Waals surface area contributed by atoms with Gasteiger partial charge in [-0.25, -0.2) is 4.98 Å². The summed E-state index contributed by atoms with van der Waals surface area (Å²) >= 11 is 7.20. The number of rotatable bonds is 7. The van der Waals surface area contributed by atoms with Gasteiger partial charge in [-0.2, -0.15) is 0 Å². The predicted molar refractivity (Wildman–Crippen MR) is 74.9 cm³/mol. The molecule has 1 fully saturated rings. The molecule has 5 heteroatoms. The van der Waals surface area contributed by atoms with Gasteiger partial charge in [-0.15, -0.1) is 22.9 Å². The monoisotopic (exact) mass is 286 g/mol. The molecule has 1 heterocycles. The highest BCUT2D eigenvalue weighted by Gasteiger charge is 2.25. The lowest BCUT2D eigenvalue weighted by atomic mass is 10.1. The van der Waals surface area contributed by atoms with E-state index >= 15 is 0 Å². The van der Waals surface area contributed by atoms with Crippen LogP contribution in [0.1, 0.15) is 43.3 Å². The first-order valence-electron chi connectivity index (χ1n) is 6.49. The Labute approximate surface area is 117 Å². The van der Waals surface area contributed by atoms with E-state index < -0.39 is 0 Å². The van der Waals surface area contributed by atoms with Gasteiger partial charge in [-0.1, -0.05) is 19.8 Å². The summed E-state index contributed by atoms with van der Waals surface area (Å²) in [5, 5.41) is 5.87. The van der Waals surface area contributed by atoms with E-state index in [2.05, 4.69) is 17.2 Å². The van der Waals surface area contributed by atoms with Crippen LogP contribution >= 0.6 is 22.9 Å². The van der Waals surface area contributed by atoms with Crippen LogP contribution in [0.5, 0.6) is 0 Å². The van der Waals surface area contributed by atoms with Gasteiger partial charge < -0.3 is 5.32 Å². The third kappa shape index (κ3) is 4.25. The second-order valence-electron chi connectivity index (χ2n) is 4.89. The lowest BCUT2D eigenvalue weighted by Crippen LogP contribution is -2.35. The number of carbonyl (C=O) groups excluding carboxylic acids is 1. The number of nitrogens with one attached hydrogen (secondary N) is 1. The highest BCUT2D eigenvalue weighted by atomic mass is 35.5. The van der Waals surface area contributed by atoms with Gasteiger partial charge >= 0.3 is 0 Å². The standard InChI is InChI=1S/C13H19ClN2OS/c1-2-10(5-9-3-4-9)15-12(17)6-13-16-11(7-14)8-18-13/h8-10H,2-7H2,1H3,(H,15,17). The maximum Gasteiger partial charge on any atom is 0.227 e. The summed E-state index contributed by atoms with van der Waals surface area (Å²) in [4.78, 5) is 16.2. The topological polar surface area (TPSA) is 42.0 Å². The molecule has 1 atom stereocenters. The Bertz CT molecular complexity index is 403. The molecule has 1 unspecified atom stereocenters. The van der Waals surface area contributed by atoms with E-state index in [1.165, 1.54) is 24.2 Å². The number of aromatic nitrogens is 1. The molecule has 1 aromatic heterocycles. The number of hydrogen-bond donors (Lipinski definition) is 1. The van der Waals surface area contributed by atoms with E-state index in [1.54, 1.807) is 0 Å². The molecular weight excluding hydrogens is 268 g/mol. The molecule has 18 heavy (non-hydrogen) atoms. The van der Waals surface area contributed by atoms with Gasteiger partial charge in [0.2, 0.25) is 5.91 Å². The third-order valence-corrected chi connectivity index (χ3v) is 4.39. The summed E-state index contributed by atoms with van der Waals surface area (Å²) in [5.74, 6) is 1.34. The smallest absolute Gasteiger partial charge is 0.227 e. The molecule has 2 rings (SSSR count). The molecule has 1 N–H and O–H groups in total. The Kier molecular flexibility index (Phi) is 5.01. The third-order valence-electron chi connectivity index (χ3n) is 3.22. The predicted octanol–water partition coefficient (Wildman–Crippen LogP) is 3.12. The number of halogens is 1. The highest BCUT2D eigenvalue weighted by Crippen LogP contribution is 2.34. The largest absolute Gasteiger partial charge is 0.353 e. The fourth-order valence-electron chi connectivity index (χ4n) is 1.99. The van der Waals surface area contributed by atoms with Crippen LogP contribution in [0.2, 0.25) is 0 Å². The molecule has 1 saturated carbocycles. The molecule has 0 bridgehead atoms. The second kappa shape index (κ2) is 6.53. The van der Waals surface area contributed by atoms with Crippen LogP contribution in [0.3, 0.4) is 0 Å². The Morgan fingerprint density at radius 3 is 3.00 bits per heavy atom. The van der Waals surface area contributed by atoms with E-state index in [1.807, 2.05) is 5.38 Å². The number of amides is 1. The van der Waals surface area contributed by atoms with Crippen LogP contribution < -0.4 is 5.32 Å². The number of thiazole rings is 1. The summed E-state index contributed by atoms with van der Waals surface area (Å²) in [6.07, 6.45) is 5.18. The Hall–Kier alpha value is -0.610. The first kappa shape index (κ1) is 13.8.